The Kier molecular flexibility index (Phi) is 7.01. The highest BCUT2D eigenvalue weighted by molar-refractivity contribution is 5.73. The lowest BCUT2D eigenvalue weighted by molar-refractivity contribution is -0.337. The van der Waals surface area contributed by atoms with Gasteiger partial charge < -0.3 is 34.1 Å². The third kappa shape index (κ3) is 5.25. The summed E-state index contributed by atoms with van der Waals surface area (Å²) in [7, 11) is 0. The Morgan fingerprint density at radius 3 is 2.41 bits per heavy atom. The molecule has 2 aliphatic rings. The van der Waals surface area contributed by atoms with Crippen LogP contribution in [0.25, 0.3) is 0 Å². The zero-order chi connectivity index (χ0) is 22.5. The van der Waals surface area contributed by atoms with Gasteiger partial charge in [-0.3, -0.25) is 4.79 Å². The third-order valence-electron chi connectivity index (χ3n) is 5.18. The van der Waals surface area contributed by atoms with E-state index in [0.717, 1.165) is 5.56 Å². The van der Waals surface area contributed by atoms with Crippen LogP contribution in [0.5, 0.6) is 5.75 Å². The van der Waals surface area contributed by atoms with E-state index in [4.69, 9.17) is 23.7 Å². The van der Waals surface area contributed by atoms with Crippen LogP contribution in [0.15, 0.2) is 60.7 Å². The smallest absolute Gasteiger partial charge is 0.329 e. The predicted molar refractivity (Wildman–Crippen MR) is 111 cm³/mol. The molecule has 4 rings (SSSR count). The van der Waals surface area contributed by atoms with Crippen LogP contribution in [-0.2, 0) is 28.5 Å². The van der Waals surface area contributed by atoms with Crippen molar-refractivity contribution >= 4 is 11.9 Å². The van der Waals surface area contributed by atoms with Crippen molar-refractivity contribution in [2.75, 3.05) is 13.2 Å². The number of benzene rings is 2. The second-order valence-electron chi connectivity index (χ2n) is 7.55. The molecule has 1 amide bonds. The van der Waals surface area contributed by atoms with Crippen molar-refractivity contribution < 1.29 is 38.4 Å². The van der Waals surface area contributed by atoms with E-state index >= 15 is 0 Å². The van der Waals surface area contributed by atoms with Gasteiger partial charge in [-0.25, -0.2) is 4.79 Å². The number of carboxylic acids is 1. The molecule has 2 aliphatic heterocycles. The van der Waals surface area contributed by atoms with Crippen LogP contribution in [0.3, 0.4) is 0 Å². The van der Waals surface area contributed by atoms with Crippen LogP contribution in [0.1, 0.15) is 18.8 Å². The van der Waals surface area contributed by atoms with Crippen LogP contribution in [0, 0.1) is 0 Å². The molecule has 2 N–H and O–H groups in total. The number of hydrogen-bond donors (Lipinski definition) is 2. The Labute approximate surface area is 185 Å². The highest BCUT2D eigenvalue weighted by atomic mass is 16.8. The number of hydrogen-bond acceptors (Lipinski definition) is 7. The van der Waals surface area contributed by atoms with Gasteiger partial charge in [0, 0.05) is 12.5 Å². The fourth-order valence-electron chi connectivity index (χ4n) is 3.84. The van der Waals surface area contributed by atoms with E-state index in [-0.39, 0.29) is 12.5 Å². The highest BCUT2D eigenvalue weighted by Crippen LogP contribution is 2.36. The fraction of sp³-hybridized carbons (Fsp3) is 0.391. The van der Waals surface area contributed by atoms with Crippen LogP contribution in [0.2, 0.25) is 0 Å². The van der Waals surface area contributed by atoms with Crippen molar-refractivity contribution in [3.8, 4) is 5.75 Å². The summed E-state index contributed by atoms with van der Waals surface area (Å²) in [6.07, 6.45) is -3.76. The van der Waals surface area contributed by atoms with E-state index in [0.29, 0.717) is 5.75 Å². The Morgan fingerprint density at radius 1 is 1.06 bits per heavy atom. The van der Waals surface area contributed by atoms with E-state index in [2.05, 4.69) is 5.32 Å². The molecule has 0 spiro atoms. The van der Waals surface area contributed by atoms with Gasteiger partial charge in [0.1, 0.15) is 36.7 Å². The molecule has 2 aromatic carbocycles. The van der Waals surface area contributed by atoms with Gasteiger partial charge in [-0.2, -0.15) is 0 Å². The lowest BCUT2D eigenvalue weighted by atomic mass is 9.95. The van der Waals surface area contributed by atoms with Crippen LogP contribution >= 0.6 is 0 Å². The third-order valence-corrected chi connectivity index (χ3v) is 5.18. The van der Waals surface area contributed by atoms with Crippen molar-refractivity contribution in [2.45, 2.75) is 43.9 Å². The number of carboxylic acid groups (broad SMARTS) is 1. The molecule has 2 heterocycles. The van der Waals surface area contributed by atoms with Gasteiger partial charge in [-0.05, 0) is 12.1 Å². The van der Waals surface area contributed by atoms with Gasteiger partial charge in [-0.15, -0.1) is 0 Å². The molecule has 0 aliphatic carbocycles. The predicted octanol–water partition coefficient (Wildman–Crippen LogP) is 1.88. The normalized spacial score (nSPS) is 29.5. The number of nitrogens with one attached hydrogen (secondary N) is 1. The van der Waals surface area contributed by atoms with Crippen LogP contribution in [-0.4, -0.2) is 60.8 Å². The zero-order valence-corrected chi connectivity index (χ0v) is 17.5. The number of carbonyl (C=O) groups is 2. The van der Waals surface area contributed by atoms with Gasteiger partial charge in [0.15, 0.2) is 6.29 Å². The molecular weight excluding hydrogens is 418 g/mol. The van der Waals surface area contributed by atoms with E-state index in [1.807, 2.05) is 48.5 Å². The summed E-state index contributed by atoms with van der Waals surface area (Å²) in [4.78, 5) is 23.2. The number of carbonyl (C=O) groups excluding carboxylic acids is 1. The summed E-state index contributed by atoms with van der Waals surface area (Å²) in [6, 6.07) is 17.5. The average molecular weight is 443 g/mol. The molecule has 32 heavy (non-hydrogen) atoms. The fourth-order valence-corrected chi connectivity index (χ4v) is 3.84. The molecule has 2 aromatic rings. The monoisotopic (exact) mass is 443 g/mol. The molecular formula is C23H25NO8. The van der Waals surface area contributed by atoms with Crippen molar-refractivity contribution in [2.24, 2.45) is 0 Å². The van der Waals surface area contributed by atoms with Gasteiger partial charge in [0.05, 0.1) is 6.61 Å². The largest absolute Gasteiger partial charge is 0.480 e. The standard InChI is InChI=1S/C23H25NO8/c1-14(25)24-19-21(28-13-18(26)27)20-17(31-23(19)30-16-10-6-3-7-11-16)12-29-22(32-20)15-8-4-2-5-9-15/h2-11,17,19-23H,12-13H2,1H3,(H,24,25)(H,26,27)/t17-,19+,20+,21+,22+,23-/m1/s1. The number of para-hydroxylation sites is 1. The minimum absolute atomic E-state index is 0.179. The molecule has 9 heteroatoms. The molecule has 170 valence electrons. The zero-order valence-electron chi connectivity index (χ0n) is 17.5. The molecule has 0 unspecified atom stereocenters. The summed E-state index contributed by atoms with van der Waals surface area (Å²) < 4.78 is 29.9. The molecule has 2 saturated heterocycles. The van der Waals surface area contributed by atoms with Gasteiger partial charge in [-0.1, -0.05) is 48.5 Å². The Morgan fingerprint density at radius 2 is 1.75 bits per heavy atom. The molecule has 0 saturated carbocycles. The first-order valence-electron chi connectivity index (χ1n) is 10.3. The lowest BCUT2D eigenvalue weighted by Gasteiger charge is -2.49. The highest BCUT2D eigenvalue weighted by Gasteiger charge is 2.52. The first-order valence-corrected chi connectivity index (χ1v) is 10.3. The second-order valence-corrected chi connectivity index (χ2v) is 7.55. The summed E-state index contributed by atoms with van der Waals surface area (Å²) >= 11 is 0. The van der Waals surface area contributed by atoms with E-state index in [1.165, 1.54) is 6.92 Å². The van der Waals surface area contributed by atoms with Crippen molar-refractivity contribution in [3.63, 3.8) is 0 Å². The van der Waals surface area contributed by atoms with E-state index in [1.54, 1.807) is 12.1 Å². The first kappa shape index (κ1) is 22.2. The maximum Gasteiger partial charge on any atom is 0.329 e. The number of fused-ring (bicyclic) bond motifs is 1. The lowest BCUT2D eigenvalue weighted by Crippen LogP contribution is -2.68. The van der Waals surface area contributed by atoms with Crippen LogP contribution < -0.4 is 10.1 Å². The topological polar surface area (TPSA) is 113 Å². The Hall–Kier alpha value is -2.98. The maximum absolute atomic E-state index is 12.0. The number of amides is 1. The van der Waals surface area contributed by atoms with Crippen molar-refractivity contribution in [3.05, 3.63) is 66.2 Å². The van der Waals surface area contributed by atoms with Crippen molar-refractivity contribution in [1.82, 2.24) is 5.32 Å². The summed E-state index contributed by atoms with van der Waals surface area (Å²) in [6.45, 7) is 0.971. The Bertz CT molecular complexity index is 909. The number of rotatable bonds is 7. The first-order chi connectivity index (χ1) is 15.5. The van der Waals surface area contributed by atoms with Gasteiger partial charge in [0.25, 0.3) is 0 Å². The van der Waals surface area contributed by atoms with Crippen LogP contribution in [0.4, 0.5) is 0 Å². The molecule has 0 radical (unpaired) electrons. The molecule has 9 nitrogen and oxygen atoms in total. The van der Waals surface area contributed by atoms with Gasteiger partial charge >= 0.3 is 5.97 Å². The molecule has 0 bridgehead atoms. The minimum atomic E-state index is -1.14. The van der Waals surface area contributed by atoms with E-state index in [9.17, 15) is 14.7 Å². The molecule has 2 fully saturated rings. The summed E-state index contributed by atoms with van der Waals surface area (Å²) in [5, 5.41) is 12.0. The molecule has 6 atom stereocenters. The van der Waals surface area contributed by atoms with Gasteiger partial charge in [0.2, 0.25) is 12.2 Å². The van der Waals surface area contributed by atoms with E-state index < -0.39 is 49.5 Å². The maximum atomic E-state index is 12.0. The molecule has 0 aromatic heterocycles. The second kappa shape index (κ2) is 10.1. The number of aliphatic carboxylic acids is 1. The van der Waals surface area contributed by atoms with Crippen molar-refractivity contribution in [1.29, 1.82) is 0 Å². The minimum Gasteiger partial charge on any atom is -0.480 e. The quantitative estimate of drug-likeness (QED) is 0.667. The number of ether oxygens (including phenoxy) is 5. The SMILES string of the molecule is CC(=O)N[C@@H]1[C@H](Oc2ccccc2)O[C@@H]2CO[C@H](c3ccccc3)O[C@@H]2[C@H]1OCC(=O)O. The summed E-state index contributed by atoms with van der Waals surface area (Å²) in [5.41, 5.74) is 0.807. The Balaban J connectivity index is 1.61. The average Bonchev–Trinajstić information content (AvgIpc) is 2.79. The summed E-state index contributed by atoms with van der Waals surface area (Å²) in [5.74, 6) is -0.945.